The summed E-state index contributed by atoms with van der Waals surface area (Å²) in [5.74, 6) is -0.354. The van der Waals surface area contributed by atoms with E-state index >= 15 is 0 Å². The maximum absolute atomic E-state index is 11.9. The minimum absolute atomic E-state index is 0.0507. The van der Waals surface area contributed by atoms with Crippen LogP contribution in [-0.2, 0) is 0 Å². The molecule has 1 aromatic heterocycles. The summed E-state index contributed by atoms with van der Waals surface area (Å²) in [6, 6.07) is 7.86. The zero-order valence-electron chi connectivity index (χ0n) is 9.64. The van der Waals surface area contributed by atoms with Gasteiger partial charge in [0.15, 0.2) is 0 Å². The molecule has 0 spiro atoms. The highest BCUT2D eigenvalue weighted by Crippen LogP contribution is 2.24. The van der Waals surface area contributed by atoms with Crippen molar-refractivity contribution in [1.29, 1.82) is 0 Å². The topological polar surface area (TPSA) is 62.2 Å². The van der Waals surface area contributed by atoms with Crippen molar-refractivity contribution >= 4 is 23.2 Å². The van der Waals surface area contributed by atoms with Gasteiger partial charge in [-0.2, -0.15) is 0 Å². The molecule has 0 saturated heterocycles. The number of carbonyl (C=O) groups is 1. The molecule has 0 aliphatic rings. The summed E-state index contributed by atoms with van der Waals surface area (Å²) in [5.41, 5.74) is 1.86. The Labute approximate surface area is 109 Å². The van der Waals surface area contributed by atoms with Crippen molar-refractivity contribution in [2.45, 2.75) is 6.92 Å². The molecule has 1 amide bonds. The average Bonchev–Trinajstić information content (AvgIpc) is 2.35. The third-order valence-corrected chi connectivity index (χ3v) is 2.68. The van der Waals surface area contributed by atoms with Gasteiger partial charge in [-0.25, -0.2) is 0 Å². The van der Waals surface area contributed by atoms with Crippen molar-refractivity contribution in [1.82, 2.24) is 4.98 Å². The first-order chi connectivity index (χ1) is 8.56. The standard InChI is InChI=1S/C13H11ClN2O2/c1-8-2-4-10(7-15-8)16-13(18)9-3-5-12(17)11(14)6-9/h2-7,17H,1H3,(H,16,18). The molecule has 5 heteroatoms. The smallest absolute Gasteiger partial charge is 0.255 e. The van der Waals surface area contributed by atoms with E-state index in [2.05, 4.69) is 10.3 Å². The number of benzene rings is 1. The van der Waals surface area contributed by atoms with Gasteiger partial charge >= 0.3 is 0 Å². The number of halogens is 1. The molecule has 0 saturated carbocycles. The zero-order chi connectivity index (χ0) is 13.1. The number of carbonyl (C=O) groups excluding carboxylic acids is 1. The van der Waals surface area contributed by atoms with E-state index in [9.17, 15) is 9.90 Å². The van der Waals surface area contributed by atoms with E-state index < -0.39 is 0 Å². The first kappa shape index (κ1) is 12.4. The van der Waals surface area contributed by atoms with Crippen LogP contribution in [0.5, 0.6) is 5.75 Å². The summed E-state index contributed by atoms with van der Waals surface area (Å²) >= 11 is 5.74. The third kappa shape index (κ3) is 2.78. The average molecular weight is 263 g/mol. The van der Waals surface area contributed by atoms with Gasteiger partial charge in [0, 0.05) is 11.3 Å². The summed E-state index contributed by atoms with van der Waals surface area (Å²) in [5, 5.41) is 12.1. The Hall–Kier alpha value is -2.07. The number of aromatic hydroxyl groups is 1. The lowest BCUT2D eigenvalue weighted by Crippen LogP contribution is -2.11. The Balaban J connectivity index is 2.16. The van der Waals surface area contributed by atoms with Crippen LogP contribution in [0.3, 0.4) is 0 Å². The second-order valence-electron chi connectivity index (χ2n) is 3.81. The molecule has 92 valence electrons. The number of aromatic nitrogens is 1. The Morgan fingerprint density at radius 2 is 2.11 bits per heavy atom. The Morgan fingerprint density at radius 1 is 1.33 bits per heavy atom. The van der Waals surface area contributed by atoms with Gasteiger partial charge in [-0.3, -0.25) is 9.78 Å². The predicted molar refractivity (Wildman–Crippen MR) is 70.0 cm³/mol. The Bertz CT molecular complexity index is 582. The van der Waals surface area contributed by atoms with Gasteiger partial charge in [-0.15, -0.1) is 0 Å². The van der Waals surface area contributed by atoms with Gasteiger partial charge in [0.25, 0.3) is 5.91 Å². The number of phenolic OH excluding ortho intramolecular Hbond substituents is 1. The number of nitrogens with one attached hydrogen (secondary N) is 1. The number of hydrogen-bond acceptors (Lipinski definition) is 3. The first-order valence-electron chi connectivity index (χ1n) is 5.29. The second-order valence-corrected chi connectivity index (χ2v) is 4.22. The molecular weight excluding hydrogens is 252 g/mol. The van der Waals surface area contributed by atoms with Gasteiger partial charge in [0.1, 0.15) is 5.75 Å². The number of pyridine rings is 1. The minimum Gasteiger partial charge on any atom is -0.506 e. The maximum Gasteiger partial charge on any atom is 0.255 e. The molecule has 0 bridgehead atoms. The molecule has 2 N–H and O–H groups in total. The summed E-state index contributed by atoms with van der Waals surface area (Å²) < 4.78 is 0. The monoisotopic (exact) mass is 262 g/mol. The van der Waals surface area contributed by atoms with Gasteiger partial charge in [0.05, 0.1) is 16.9 Å². The fraction of sp³-hybridized carbons (Fsp3) is 0.0769. The molecule has 2 aromatic rings. The third-order valence-electron chi connectivity index (χ3n) is 2.38. The van der Waals surface area contributed by atoms with Crippen LogP contribution in [0, 0.1) is 6.92 Å². The molecule has 18 heavy (non-hydrogen) atoms. The highest BCUT2D eigenvalue weighted by atomic mass is 35.5. The van der Waals surface area contributed by atoms with Crippen LogP contribution in [0.1, 0.15) is 16.1 Å². The largest absolute Gasteiger partial charge is 0.506 e. The lowest BCUT2D eigenvalue weighted by atomic mass is 10.2. The van der Waals surface area contributed by atoms with Crippen molar-refractivity contribution in [2.75, 3.05) is 5.32 Å². The van der Waals surface area contributed by atoms with Crippen molar-refractivity contribution in [3.63, 3.8) is 0 Å². The van der Waals surface area contributed by atoms with Crippen LogP contribution in [0.15, 0.2) is 36.5 Å². The fourth-order valence-corrected chi connectivity index (χ4v) is 1.57. The number of phenols is 1. The van der Waals surface area contributed by atoms with Crippen LogP contribution in [0.2, 0.25) is 5.02 Å². The molecule has 2 rings (SSSR count). The SMILES string of the molecule is Cc1ccc(NC(=O)c2ccc(O)c(Cl)c2)cn1. The van der Waals surface area contributed by atoms with Crippen LogP contribution in [0.25, 0.3) is 0 Å². The number of amides is 1. The highest BCUT2D eigenvalue weighted by molar-refractivity contribution is 6.32. The van der Waals surface area contributed by atoms with Crippen molar-refractivity contribution in [2.24, 2.45) is 0 Å². The van der Waals surface area contributed by atoms with Gasteiger partial charge in [-0.05, 0) is 37.3 Å². The molecule has 0 atom stereocenters. The van der Waals surface area contributed by atoms with Gasteiger partial charge in [0.2, 0.25) is 0 Å². The molecule has 0 radical (unpaired) electrons. The number of aryl methyl sites for hydroxylation is 1. The molecule has 0 fully saturated rings. The Morgan fingerprint density at radius 3 is 2.72 bits per heavy atom. The molecular formula is C13H11ClN2O2. The van der Waals surface area contributed by atoms with E-state index in [4.69, 9.17) is 11.6 Å². The van der Waals surface area contributed by atoms with Gasteiger partial charge in [-0.1, -0.05) is 11.6 Å². The molecule has 0 aliphatic heterocycles. The highest BCUT2D eigenvalue weighted by Gasteiger charge is 2.08. The molecule has 1 aromatic carbocycles. The van der Waals surface area contributed by atoms with E-state index in [0.717, 1.165) is 5.69 Å². The number of hydrogen-bond donors (Lipinski definition) is 2. The molecule has 0 unspecified atom stereocenters. The first-order valence-corrected chi connectivity index (χ1v) is 5.66. The summed E-state index contributed by atoms with van der Waals surface area (Å²) in [7, 11) is 0. The van der Waals surface area contributed by atoms with E-state index in [1.807, 2.05) is 6.92 Å². The lowest BCUT2D eigenvalue weighted by Gasteiger charge is -2.06. The summed E-state index contributed by atoms with van der Waals surface area (Å²) in [6.07, 6.45) is 1.58. The van der Waals surface area contributed by atoms with Crippen molar-refractivity contribution < 1.29 is 9.90 Å². The number of nitrogens with zero attached hydrogens (tertiary/aromatic N) is 1. The number of rotatable bonds is 2. The maximum atomic E-state index is 11.9. The van der Waals surface area contributed by atoms with Crippen LogP contribution < -0.4 is 5.32 Å². The molecule has 0 aliphatic carbocycles. The van der Waals surface area contributed by atoms with Crippen LogP contribution in [-0.4, -0.2) is 16.0 Å². The molecule has 4 nitrogen and oxygen atoms in total. The van der Waals surface area contributed by atoms with Crippen LogP contribution in [0.4, 0.5) is 5.69 Å². The van der Waals surface area contributed by atoms with Crippen molar-refractivity contribution in [3.8, 4) is 5.75 Å². The zero-order valence-corrected chi connectivity index (χ0v) is 10.4. The van der Waals surface area contributed by atoms with Crippen molar-refractivity contribution in [3.05, 3.63) is 52.8 Å². The number of anilines is 1. The summed E-state index contributed by atoms with van der Waals surface area (Å²) in [6.45, 7) is 1.87. The van der Waals surface area contributed by atoms with E-state index in [1.54, 1.807) is 18.3 Å². The normalized spacial score (nSPS) is 10.1. The lowest BCUT2D eigenvalue weighted by molar-refractivity contribution is 0.102. The summed E-state index contributed by atoms with van der Waals surface area (Å²) in [4.78, 5) is 16.0. The van der Waals surface area contributed by atoms with E-state index in [1.165, 1.54) is 18.2 Å². The fourth-order valence-electron chi connectivity index (χ4n) is 1.39. The second kappa shape index (κ2) is 5.06. The van der Waals surface area contributed by atoms with E-state index in [-0.39, 0.29) is 16.7 Å². The quantitative estimate of drug-likeness (QED) is 0.875. The van der Waals surface area contributed by atoms with Gasteiger partial charge < -0.3 is 10.4 Å². The Kier molecular flexibility index (Phi) is 3.48. The van der Waals surface area contributed by atoms with E-state index in [0.29, 0.717) is 11.3 Å². The minimum atomic E-state index is -0.303. The van der Waals surface area contributed by atoms with Crippen LogP contribution >= 0.6 is 11.6 Å². The predicted octanol–water partition coefficient (Wildman–Crippen LogP) is 3.00. The molecule has 1 heterocycles.